The van der Waals surface area contributed by atoms with Gasteiger partial charge in [-0.3, -0.25) is 9.59 Å². The van der Waals surface area contributed by atoms with Crippen LogP contribution in [0.2, 0.25) is 0 Å². The van der Waals surface area contributed by atoms with Crippen LogP contribution in [0.5, 0.6) is 0 Å². The summed E-state index contributed by atoms with van der Waals surface area (Å²) in [5.74, 6) is -0.373. The minimum atomic E-state index is -0.603. The van der Waals surface area contributed by atoms with E-state index in [9.17, 15) is 9.59 Å². The quantitative estimate of drug-likeness (QED) is 0.622. The van der Waals surface area contributed by atoms with Gasteiger partial charge in [0.05, 0.1) is 0 Å². The van der Waals surface area contributed by atoms with Gasteiger partial charge in [-0.05, 0) is 63.2 Å². The van der Waals surface area contributed by atoms with Gasteiger partial charge in [0.15, 0.2) is 0 Å². The molecule has 24 heavy (non-hydrogen) atoms. The van der Waals surface area contributed by atoms with E-state index in [0.29, 0.717) is 12.2 Å². The maximum atomic E-state index is 11.9. The third-order valence-electron chi connectivity index (χ3n) is 4.53. The Bertz CT molecular complexity index is 559. The highest BCUT2D eigenvalue weighted by atomic mass is 16.2. The molecule has 1 saturated heterocycles. The molecule has 1 unspecified atom stereocenters. The minimum absolute atomic E-state index is 0.545. The summed E-state index contributed by atoms with van der Waals surface area (Å²) < 4.78 is 0. The van der Waals surface area contributed by atoms with Gasteiger partial charge in [-0.25, -0.2) is 0 Å². The molecule has 2 rings (SSSR count). The standard InChI is InChI=1S/C19H29N3O2/c1-15-8-7-13-22(14-15)12-6-5-11-20-18(23)19(24)21-17-10-4-3-9-16(17)2/h3-4,9-10,15H,5-8,11-14H2,1-2H3,(H,20,23)(H,21,24). The number of para-hydroxylation sites is 1. The first-order chi connectivity index (χ1) is 11.6. The molecular weight excluding hydrogens is 302 g/mol. The average Bonchev–Trinajstić information content (AvgIpc) is 2.56. The second kappa shape index (κ2) is 9.42. The molecule has 1 aromatic carbocycles. The van der Waals surface area contributed by atoms with E-state index in [1.807, 2.05) is 25.1 Å². The molecule has 1 fully saturated rings. The van der Waals surface area contributed by atoms with Gasteiger partial charge >= 0.3 is 11.8 Å². The number of likely N-dealkylation sites (tertiary alicyclic amines) is 1. The van der Waals surface area contributed by atoms with E-state index < -0.39 is 11.8 Å². The molecule has 1 atom stereocenters. The van der Waals surface area contributed by atoms with Crippen LogP contribution in [0.3, 0.4) is 0 Å². The zero-order valence-corrected chi connectivity index (χ0v) is 14.8. The Morgan fingerprint density at radius 3 is 2.75 bits per heavy atom. The fourth-order valence-electron chi connectivity index (χ4n) is 3.12. The lowest BCUT2D eigenvalue weighted by molar-refractivity contribution is -0.136. The van der Waals surface area contributed by atoms with Crippen molar-refractivity contribution in [3.63, 3.8) is 0 Å². The van der Waals surface area contributed by atoms with Crippen LogP contribution in [-0.4, -0.2) is 42.9 Å². The van der Waals surface area contributed by atoms with Crippen LogP contribution in [-0.2, 0) is 9.59 Å². The largest absolute Gasteiger partial charge is 0.348 e. The van der Waals surface area contributed by atoms with Gasteiger partial charge in [-0.1, -0.05) is 25.1 Å². The summed E-state index contributed by atoms with van der Waals surface area (Å²) in [7, 11) is 0. The van der Waals surface area contributed by atoms with E-state index >= 15 is 0 Å². The van der Waals surface area contributed by atoms with E-state index in [2.05, 4.69) is 22.5 Å². The van der Waals surface area contributed by atoms with Crippen molar-refractivity contribution in [3.05, 3.63) is 29.8 Å². The van der Waals surface area contributed by atoms with Crippen molar-refractivity contribution in [3.8, 4) is 0 Å². The van der Waals surface area contributed by atoms with Crippen molar-refractivity contribution in [2.24, 2.45) is 5.92 Å². The van der Waals surface area contributed by atoms with Gasteiger partial charge in [0.2, 0.25) is 0 Å². The summed E-state index contributed by atoms with van der Waals surface area (Å²) in [6.45, 7) is 8.20. The first kappa shape index (κ1) is 18.5. The molecule has 0 bridgehead atoms. The topological polar surface area (TPSA) is 61.4 Å². The fourth-order valence-corrected chi connectivity index (χ4v) is 3.12. The smallest absolute Gasteiger partial charge is 0.313 e. The van der Waals surface area contributed by atoms with Gasteiger partial charge in [-0.15, -0.1) is 0 Å². The predicted octanol–water partition coefficient (Wildman–Crippen LogP) is 2.56. The number of hydrogen-bond donors (Lipinski definition) is 2. The summed E-state index contributed by atoms with van der Waals surface area (Å²) in [5, 5.41) is 5.35. The second-order valence-corrected chi connectivity index (χ2v) is 6.78. The molecule has 0 aliphatic carbocycles. The monoisotopic (exact) mass is 331 g/mol. The lowest BCUT2D eigenvalue weighted by Crippen LogP contribution is -2.37. The number of benzene rings is 1. The van der Waals surface area contributed by atoms with Crippen molar-refractivity contribution in [2.75, 3.05) is 31.5 Å². The molecule has 0 radical (unpaired) electrons. The lowest BCUT2D eigenvalue weighted by Gasteiger charge is -2.30. The molecule has 5 heteroatoms. The minimum Gasteiger partial charge on any atom is -0.348 e. The van der Waals surface area contributed by atoms with Crippen molar-refractivity contribution in [1.82, 2.24) is 10.2 Å². The average molecular weight is 331 g/mol. The molecule has 1 aromatic rings. The third kappa shape index (κ3) is 5.96. The van der Waals surface area contributed by atoms with Gasteiger partial charge < -0.3 is 15.5 Å². The number of rotatable bonds is 6. The van der Waals surface area contributed by atoms with Crippen LogP contribution in [0.4, 0.5) is 5.69 Å². The van der Waals surface area contributed by atoms with Crippen LogP contribution < -0.4 is 10.6 Å². The Hall–Kier alpha value is -1.88. The Balaban J connectivity index is 1.60. The summed E-state index contributed by atoms with van der Waals surface area (Å²) in [6, 6.07) is 7.42. The maximum absolute atomic E-state index is 11.9. The van der Waals surface area contributed by atoms with Crippen LogP contribution in [0.15, 0.2) is 24.3 Å². The maximum Gasteiger partial charge on any atom is 0.313 e. The number of amides is 2. The van der Waals surface area contributed by atoms with Crippen molar-refractivity contribution in [2.45, 2.75) is 39.5 Å². The number of anilines is 1. The molecule has 2 N–H and O–H groups in total. The number of nitrogens with zero attached hydrogens (tertiary/aromatic N) is 1. The molecule has 1 heterocycles. The number of piperidine rings is 1. The number of unbranched alkanes of at least 4 members (excludes halogenated alkanes) is 1. The van der Waals surface area contributed by atoms with Crippen LogP contribution in [0.1, 0.15) is 38.2 Å². The molecule has 0 saturated carbocycles. The van der Waals surface area contributed by atoms with Gasteiger partial charge in [0.25, 0.3) is 0 Å². The Morgan fingerprint density at radius 1 is 1.21 bits per heavy atom. The lowest BCUT2D eigenvalue weighted by atomic mass is 10.0. The number of carbonyl (C=O) groups is 2. The van der Waals surface area contributed by atoms with Gasteiger partial charge in [0.1, 0.15) is 0 Å². The van der Waals surface area contributed by atoms with E-state index in [0.717, 1.165) is 30.9 Å². The van der Waals surface area contributed by atoms with Crippen molar-refractivity contribution >= 4 is 17.5 Å². The zero-order valence-electron chi connectivity index (χ0n) is 14.8. The van der Waals surface area contributed by atoms with Gasteiger partial charge in [0, 0.05) is 18.8 Å². The number of carbonyl (C=O) groups excluding carboxylic acids is 2. The molecule has 132 valence electrons. The molecular formula is C19H29N3O2. The van der Waals surface area contributed by atoms with Gasteiger partial charge in [-0.2, -0.15) is 0 Å². The Labute approximate surface area is 144 Å². The molecule has 5 nitrogen and oxygen atoms in total. The molecule has 1 aliphatic rings. The van der Waals surface area contributed by atoms with Crippen molar-refractivity contribution < 1.29 is 9.59 Å². The number of aryl methyl sites for hydroxylation is 1. The van der Waals surface area contributed by atoms with E-state index in [4.69, 9.17) is 0 Å². The second-order valence-electron chi connectivity index (χ2n) is 6.78. The van der Waals surface area contributed by atoms with Crippen LogP contribution in [0, 0.1) is 12.8 Å². The molecule has 2 amide bonds. The predicted molar refractivity (Wildman–Crippen MR) is 96.9 cm³/mol. The molecule has 1 aliphatic heterocycles. The summed E-state index contributed by atoms with van der Waals surface area (Å²) in [4.78, 5) is 26.2. The highest BCUT2D eigenvalue weighted by Crippen LogP contribution is 2.15. The first-order valence-electron chi connectivity index (χ1n) is 8.93. The van der Waals surface area contributed by atoms with E-state index in [1.54, 1.807) is 6.07 Å². The fraction of sp³-hybridized carbons (Fsp3) is 0.579. The van der Waals surface area contributed by atoms with Crippen molar-refractivity contribution in [1.29, 1.82) is 0 Å². The highest BCUT2D eigenvalue weighted by molar-refractivity contribution is 6.39. The summed E-state index contributed by atoms with van der Waals surface area (Å²) in [6.07, 6.45) is 4.57. The molecule has 0 spiro atoms. The van der Waals surface area contributed by atoms with E-state index in [-0.39, 0.29) is 0 Å². The van der Waals surface area contributed by atoms with Crippen LogP contribution in [0.25, 0.3) is 0 Å². The zero-order chi connectivity index (χ0) is 17.4. The number of nitrogens with one attached hydrogen (secondary N) is 2. The Kier molecular flexibility index (Phi) is 7.25. The normalized spacial score (nSPS) is 18.2. The highest BCUT2D eigenvalue weighted by Gasteiger charge is 2.16. The summed E-state index contributed by atoms with van der Waals surface area (Å²) >= 11 is 0. The molecule has 0 aromatic heterocycles. The SMILES string of the molecule is Cc1ccccc1NC(=O)C(=O)NCCCCN1CCCC(C)C1. The summed E-state index contributed by atoms with van der Waals surface area (Å²) in [5.41, 5.74) is 1.62. The van der Waals surface area contributed by atoms with E-state index in [1.165, 1.54) is 25.9 Å². The Morgan fingerprint density at radius 2 is 2.00 bits per heavy atom. The first-order valence-corrected chi connectivity index (χ1v) is 8.93. The van der Waals surface area contributed by atoms with Crippen LogP contribution >= 0.6 is 0 Å². The number of hydrogen-bond acceptors (Lipinski definition) is 3. The third-order valence-corrected chi connectivity index (χ3v) is 4.53.